The summed E-state index contributed by atoms with van der Waals surface area (Å²) in [6.07, 6.45) is 2.01. The van der Waals surface area contributed by atoms with E-state index in [2.05, 4.69) is 5.48 Å². The minimum atomic E-state index is -0.740. The summed E-state index contributed by atoms with van der Waals surface area (Å²) in [6, 6.07) is 3.23. The summed E-state index contributed by atoms with van der Waals surface area (Å²) < 4.78 is 26.4. The van der Waals surface area contributed by atoms with Gasteiger partial charge in [-0.3, -0.25) is 9.63 Å². The average molecular weight is 256 g/mol. The van der Waals surface area contributed by atoms with Gasteiger partial charge in [0.25, 0.3) is 5.91 Å². The van der Waals surface area contributed by atoms with E-state index in [1.165, 1.54) is 6.07 Å². The summed E-state index contributed by atoms with van der Waals surface area (Å²) in [6.45, 7) is 1.85. The molecule has 18 heavy (non-hydrogen) atoms. The van der Waals surface area contributed by atoms with Gasteiger partial charge >= 0.3 is 0 Å². The number of hydrogen-bond acceptors (Lipinski definition) is 3. The van der Waals surface area contributed by atoms with Gasteiger partial charge in [-0.25, -0.2) is 14.3 Å². The van der Waals surface area contributed by atoms with Gasteiger partial charge in [0.05, 0.1) is 6.61 Å². The smallest absolute Gasteiger partial charge is 0.267 e. The van der Waals surface area contributed by atoms with Crippen LogP contribution in [0.25, 0.3) is 6.08 Å². The van der Waals surface area contributed by atoms with Crippen LogP contribution in [0.1, 0.15) is 12.5 Å². The van der Waals surface area contributed by atoms with Crippen molar-refractivity contribution < 1.29 is 18.4 Å². The summed E-state index contributed by atoms with van der Waals surface area (Å²) in [7, 11) is 0. The fraction of sp³-hybridized carbons (Fsp3) is 0.250. The molecule has 1 amide bonds. The Morgan fingerprint density at radius 1 is 1.50 bits per heavy atom. The maximum atomic E-state index is 13.2. The molecule has 1 aromatic rings. The standard InChI is InChI=1S/C12H14F2N2O2/c1-8(15)7-18-16-12(17)6-5-9-10(13)3-2-4-11(9)14/h2-6,8H,7,15H2,1H3,(H,16,17). The summed E-state index contributed by atoms with van der Waals surface area (Å²) in [5.41, 5.74) is 7.18. The zero-order valence-corrected chi connectivity index (χ0v) is 9.82. The van der Waals surface area contributed by atoms with Crippen LogP contribution in [0.15, 0.2) is 24.3 Å². The zero-order chi connectivity index (χ0) is 13.5. The maximum Gasteiger partial charge on any atom is 0.267 e. The van der Waals surface area contributed by atoms with Crippen molar-refractivity contribution in [2.45, 2.75) is 13.0 Å². The number of nitrogens with one attached hydrogen (secondary N) is 1. The van der Waals surface area contributed by atoms with Gasteiger partial charge in [0.2, 0.25) is 0 Å². The zero-order valence-electron chi connectivity index (χ0n) is 9.82. The molecule has 98 valence electrons. The van der Waals surface area contributed by atoms with Crippen LogP contribution >= 0.6 is 0 Å². The summed E-state index contributed by atoms with van der Waals surface area (Å²) >= 11 is 0. The fourth-order valence-electron chi connectivity index (χ4n) is 1.11. The van der Waals surface area contributed by atoms with E-state index < -0.39 is 17.5 Å². The highest BCUT2D eigenvalue weighted by Crippen LogP contribution is 2.13. The van der Waals surface area contributed by atoms with Crippen LogP contribution in [0.3, 0.4) is 0 Å². The third-order valence-electron chi connectivity index (χ3n) is 1.92. The highest BCUT2D eigenvalue weighted by atomic mass is 19.1. The van der Waals surface area contributed by atoms with Gasteiger partial charge < -0.3 is 5.73 Å². The molecule has 1 aromatic carbocycles. The van der Waals surface area contributed by atoms with Crippen LogP contribution in [0.5, 0.6) is 0 Å². The summed E-state index contributed by atoms with van der Waals surface area (Å²) in [4.78, 5) is 16.0. The summed E-state index contributed by atoms with van der Waals surface area (Å²) in [5.74, 6) is -2.11. The van der Waals surface area contributed by atoms with Crippen LogP contribution < -0.4 is 11.2 Å². The SMILES string of the molecule is CC(N)CONC(=O)C=Cc1c(F)cccc1F. The maximum absolute atomic E-state index is 13.2. The fourth-order valence-corrected chi connectivity index (χ4v) is 1.11. The molecule has 0 aromatic heterocycles. The normalized spacial score (nSPS) is 12.7. The Kier molecular flexibility index (Phi) is 5.41. The second kappa shape index (κ2) is 6.83. The number of hydroxylamine groups is 1. The number of rotatable bonds is 5. The first-order valence-electron chi connectivity index (χ1n) is 5.30. The monoisotopic (exact) mass is 256 g/mol. The molecular weight excluding hydrogens is 242 g/mol. The minimum Gasteiger partial charge on any atom is -0.326 e. The number of hydrogen-bond donors (Lipinski definition) is 2. The van der Waals surface area contributed by atoms with E-state index in [0.29, 0.717) is 0 Å². The third-order valence-corrected chi connectivity index (χ3v) is 1.92. The summed E-state index contributed by atoms with van der Waals surface area (Å²) in [5, 5.41) is 0. The molecule has 0 aliphatic rings. The van der Waals surface area contributed by atoms with Crippen LogP contribution in [-0.4, -0.2) is 18.6 Å². The van der Waals surface area contributed by atoms with Crippen molar-refractivity contribution in [3.05, 3.63) is 41.5 Å². The van der Waals surface area contributed by atoms with E-state index in [4.69, 9.17) is 10.6 Å². The number of carbonyl (C=O) groups excluding carboxylic acids is 1. The number of benzene rings is 1. The van der Waals surface area contributed by atoms with E-state index in [-0.39, 0.29) is 18.2 Å². The second-order valence-corrected chi connectivity index (χ2v) is 3.72. The second-order valence-electron chi connectivity index (χ2n) is 3.72. The molecule has 0 aliphatic carbocycles. The Labute approximate surface area is 103 Å². The van der Waals surface area contributed by atoms with Gasteiger partial charge in [0.1, 0.15) is 11.6 Å². The molecular formula is C12H14F2N2O2. The number of carbonyl (C=O) groups is 1. The molecule has 0 bridgehead atoms. The molecule has 4 nitrogen and oxygen atoms in total. The molecule has 0 saturated carbocycles. The lowest BCUT2D eigenvalue weighted by molar-refractivity contribution is -0.128. The number of amides is 1. The molecule has 1 atom stereocenters. The molecule has 6 heteroatoms. The highest BCUT2D eigenvalue weighted by molar-refractivity contribution is 5.91. The van der Waals surface area contributed by atoms with Gasteiger partial charge in [-0.05, 0) is 25.1 Å². The Morgan fingerprint density at radius 2 is 2.11 bits per heavy atom. The largest absolute Gasteiger partial charge is 0.326 e. The van der Waals surface area contributed by atoms with Crippen molar-refractivity contribution in [1.82, 2.24) is 5.48 Å². The van der Waals surface area contributed by atoms with Crippen molar-refractivity contribution >= 4 is 12.0 Å². The number of nitrogens with two attached hydrogens (primary N) is 1. The van der Waals surface area contributed by atoms with Crippen molar-refractivity contribution in [3.8, 4) is 0 Å². The molecule has 1 unspecified atom stereocenters. The molecule has 0 heterocycles. The van der Waals surface area contributed by atoms with Crippen molar-refractivity contribution in [1.29, 1.82) is 0 Å². The van der Waals surface area contributed by atoms with E-state index in [1.54, 1.807) is 6.92 Å². The molecule has 0 radical (unpaired) electrons. The molecule has 0 saturated heterocycles. The van der Waals surface area contributed by atoms with E-state index in [1.807, 2.05) is 0 Å². The molecule has 1 rings (SSSR count). The lowest BCUT2D eigenvalue weighted by atomic mass is 10.2. The Balaban J connectivity index is 2.56. The molecule has 3 N–H and O–H groups in total. The Bertz CT molecular complexity index is 427. The van der Waals surface area contributed by atoms with Crippen LogP contribution in [-0.2, 0) is 9.63 Å². The van der Waals surface area contributed by atoms with Gasteiger partial charge in [0.15, 0.2) is 0 Å². The van der Waals surface area contributed by atoms with Crippen LogP contribution in [0, 0.1) is 11.6 Å². The van der Waals surface area contributed by atoms with Gasteiger partial charge in [-0.15, -0.1) is 0 Å². The van der Waals surface area contributed by atoms with Crippen molar-refractivity contribution in [2.75, 3.05) is 6.61 Å². The van der Waals surface area contributed by atoms with Crippen molar-refractivity contribution in [2.24, 2.45) is 5.73 Å². The quantitative estimate of drug-likeness (QED) is 0.618. The predicted octanol–water partition coefficient (Wildman–Crippen LogP) is 1.37. The van der Waals surface area contributed by atoms with Crippen molar-refractivity contribution in [3.63, 3.8) is 0 Å². The van der Waals surface area contributed by atoms with E-state index in [0.717, 1.165) is 24.3 Å². The topological polar surface area (TPSA) is 64.3 Å². The van der Waals surface area contributed by atoms with Gasteiger partial charge in [-0.2, -0.15) is 0 Å². The molecule has 0 spiro atoms. The van der Waals surface area contributed by atoms with E-state index in [9.17, 15) is 13.6 Å². The lowest BCUT2D eigenvalue weighted by Crippen LogP contribution is -2.29. The predicted molar refractivity (Wildman–Crippen MR) is 63.1 cm³/mol. The highest BCUT2D eigenvalue weighted by Gasteiger charge is 2.05. The van der Waals surface area contributed by atoms with E-state index >= 15 is 0 Å². The Hall–Kier alpha value is -1.79. The molecule has 0 aliphatic heterocycles. The lowest BCUT2D eigenvalue weighted by Gasteiger charge is -2.05. The Morgan fingerprint density at radius 3 is 2.67 bits per heavy atom. The first-order valence-corrected chi connectivity index (χ1v) is 5.30. The minimum absolute atomic E-state index is 0.146. The average Bonchev–Trinajstić information content (AvgIpc) is 2.27. The first-order chi connectivity index (χ1) is 8.50. The molecule has 0 fully saturated rings. The number of halogens is 2. The van der Waals surface area contributed by atoms with Gasteiger partial charge in [-0.1, -0.05) is 6.07 Å². The van der Waals surface area contributed by atoms with Gasteiger partial charge in [0, 0.05) is 17.7 Å². The van der Waals surface area contributed by atoms with Crippen LogP contribution in [0.2, 0.25) is 0 Å². The van der Waals surface area contributed by atoms with Crippen LogP contribution in [0.4, 0.5) is 8.78 Å². The third kappa shape index (κ3) is 4.60. The first kappa shape index (κ1) is 14.3.